The molecule has 0 fully saturated rings. The maximum atomic E-state index is 10.6. The first-order valence-electron chi connectivity index (χ1n) is 6.94. The van der Waals surface area contributed by atoms with E-state index in [1.807, 2.05) is 6.08 Å². The minimum atomic E-state index is -0.925. The Morgan fingerprint density at radius 2 is 1.94 bits per heavy atom. The van der Waals surface area contributed by atoms with Crippen molar-refractivity contribution < 1.29 is 9.90 Å². The number of carboxylic acids is 1. The van der Waals surface area contributed by atoms with Crippen molar-refractivity contribution >= 4 is 5.97 Å². The van der Waals surface area contributed by atoms with E-state index in [1.54, 1.807) is 6.92 Å². The van der Waals surface area contributed by atoms with Crippen LogP contribution in [-0.2, 0) is 4.79 Å². The van der Waals surface area contributed by atoms with Gasteiger partial charge in [-0.2, -0.15) is 0 Å². The number of rotatable bonds is 10. The monoisotopic (exact) mass is 251 g/mol. The molecule has 0 radical (unpaired) electrons. The minimum absolute atomic E-state index is 0.313. The minimum Gasteiger partial charge on any atom is -0.550 e. The van der Waals surface area contributed by atoms with Gasteiger partial charge in [-0.3, -0.25) is 0 Å². The third-order valence-corrected chi connectivity index (χ3v) is 3.36. The molecule has 2 nitrogen and oxygen atoms in total. The van der Waals surface area contributed by atoms with Gasteiger partial charge in [-0.25, -0.2) is 0 Å². The molecule has 0 aromatic carbocycles. The Morgan fingerprint density at radius 3 is 2.50 bits per heavy atom. The van der Waals surface area contributed by atoms with Gasteiger partial charge in [0.05, 0.1) is 0 Å². The van der Waals surface area contributed by atoms with Crippen LogP contribution >= 0.6 is 0 Å². The van der Waals surface area contributed by atoms with E-state index in [-0.39, 0.29) is 5.92 Å². The molecular weight excluding hydrogens is 224 g/mol. The highest BCUT2D eigenvalue weighted by atomic mass is 16.4. The molecule has 2 unspecified atom stereocenters. The number of carbonyl (C=O) groups excluding carboxylic acids is 1. The molecule has 0 rings (SSSR count). The third-order valence-electron chi connectivity index (χ3n) is 3.36. The molecule has 0 aliphatic rings. The van der Waals surface area contributed by atoms with E-state index in [9.17, 15) is 9.90 Å². The lowest BCUT2D eigenvalue weighted by Crippen LogP contribution is -2.29. The van der Waals surface area contributed by atoms with E-state index >= 15 is 0 Å². The van der Waals surface area contributed by atoms with E-state index in [4.69, 9.17) is 0 Å². The largest absolute Gasteiger partial charge is 0.550 e. The number of carbonyl (C=O) groups is 1. The van der Waals surface area contributed by atoms with Crippen LogP contribution in [0.15, 0.2) is 24.3 Å². The lowest BCUT2D eigenvalue weighted by molar-refractivity contribution is -0.311. The second kappa shape index (κ2) is 9.93. The molecule has 2 atom stereocenters. The predicted octanol–water partition coefficient (Wildman–Crippen LogP) is 3.48. The summed E-state index contributed by atoms with van der Waals surface area (Å²) in [4.78, 5) is 10.6. The molecule has 0 aromatic heterocycles. The topological polar surface area (TPSA) is 40.1 Å². The first-order valence-corrected chi connectivity index (χ1v) is 6.94. The van der Waals surface area contributed by atoms with Crippen LogP contribution in [0, 0.1) is 11.8 Å². The molecular formula is C16H27O2-. The van der Waals surface area contributed by atoms with E-state index in [0.717, 1.165) is 32.1 Å². The van der Waals surface area contributed by atoms with Crippen molar-refractivity contribution in [2.75, 3.05) is 0 Å². The van der Waals surface area contributed by atoms with Gasteiger partial charge in [-0.1, -0.05) is 44.4 Å². The van der Waals surface area contributed by atoms with Crippen molar-refractivity contribution in [3.63, 3.8) is 0 Å². The van der Waals surface area contributed by atoms with Gasteiger partial charge in [0.1, 0.15) is 0 Å². The number of hydrogen-bond acceptors (Lipinski definition) is 2. The van der Waals surface area contributed by atoms with Gasteiger partial charge in [0.25, 0.3) is 0 Å². The summed E-state index contributed by atoms with van der Waals surface area (Å²) in [7, 11) is 0. The van der Waals surface area contributed by atoms with Crippen LogP contribution in [0.2, 0.25) is 0 Å². The van der Waals surface area contributed by atoms with E-state index in [2.05, 4.69) is 26.5 Å². The normalized spacial score (nSPS) is 15.2. The molecule has 2 heteroatoms. The van der Waals surface area contributed by atoms with Crippen molar-refractivity contribution in [2.24, 2.45) is 11.8 Å². The average molecular weight is 251 g/mol. The molecule has 0 amide bonds. The highest BCUT2D eigenvalue weighted by Gasteiger charge is 2.05. The van der Waals surface area contributed by atoms with Crippen molar-refractivity contribution in [1.82, 2.24) is 0 Å². The summed E-state index contributed by atoms with van der Waals surface area (Å²) < 4.78 is 0. The van der Waals surface area contributed by atoms with Crippen molar-refractivity contribution in [3.05, 3.63) is 24.3 Å². The molecule has 0 aliphatic heterocycles. The molecule has 0 saturated heterocycles. The van der Waals surface area contributed by atoms with E-state index in [1.165, 1.54) is 12.0 Å². The fraction of sp³-hybridized carbons (Fsp3) is 0.688. The van der Waals surface area contributed by atoms with Gasteiger partial charge in [0.2, 0.25) is 0 Å². The summed E-state index contributed by atoms with van der Waals surface area (Å²) in [5.74, 6) is -0.579. The van der Waals surface area contributed by atoms with Crippen LogP contribution in [0.4, 0.5) is 0 Å². The van der Waals surface area contributed by atoms with Crippen LogP contribution in [0.3, 0.4) is 0 Å². The molecule has 104 valence electrons. The third kappa shape index (κ3) is 9.03. The summed E-state index contributed by atoms with van der Waals surface area (Å²) in [6.07, 6.45) is 10.3. The van der Waals surface area contributed by atoms with Crippen LogP contribution in [0.5, 0.6) is 0 Å². The van der Waals surface area contributed by atoms with Gasteiger partial charge in [-0.05, 0) is 44.4 Å². The van der Waals surface area contributed by atoms with Crippen molar-refractivity contribution in [3.8, 4) is 0 Å². The maximum Gasteiger partial charge on any atom is 0.0442 e. The quantitative estimate of drug-likeness (QED) is 0.558. The molecule has 18 heavy (non-hydrogen) atoms. The molecule has 0 bridgehead atoms. The molecule has 0 aliphatic carbocycles. The number of allylic oxidation sites excluding steroid dienone is 3. The zero-order valence-corrected chi connectivity index (χ0v) is 12.1. The Labute approximate surface area is 112 Å². The lowest BCUT2D eigenvalue weighted by Gasteiger charge is -2.14. The second-order valence-corrected chi connectivity index (χ2v) is 5.38. The van der Waals surface area contributed by atoms with Crippen LogP contribution in [0.1, 0.15) is 59.3 Å². The summed E-state index contributed by atoms with van der Waals surface area (Å²) in [6.45, 7) is 9.81. The van der Waals surface area contributed by atoms with Crippen LogP contribution < -0.4 is 5.11 Å². The molecule has 0 saturated carbocycles. The SMILES string of the molecule is C=CC/C(C)=C/CCC(C)CCCC(C)C(=O)[O-]. The standard InChI is InChI=1S/C16H28O2/c1-5-8-13(2)9-6-10-14(3)11-7-12-15(4)16(17)18/h5,9,14-15H,1,6-8,10-12H2,2-4H3,(H,17,18)/p-1/b13-9+. The molecule has 0 N–H and O–H groups in total. The predicted molar refractivity (Wildman–Crippen MR) is 75.0 cm³/mol. The first kappa shape index (κ1) is 16.9. The first-order chi connectivity index (χ1) is 8.47. The summed E-state index contributed by atoms with van der Waals surface area (Å²) in [6, 6.07) is 0. The van der Waals surface area contributed by atoms with Gasteiger partial charge in [0, 0.05) is 5.97 Å². The fourth-order valence-electron chi connectivity index (χ4n) is 1.96. The molecule has 0 aromatic rings. The Hall–Kier alpha value is -1.05. The van der Waals surface area contributed by atoms with Crippen molar-refractivity contribution in [2.45, 2.75) is 59.3 Å². The zero-order valence-electron chi connectivity index (χ0n) is 12.1. The Bertz CT molecular complexity index is 279. The van der Waals surface area contributed by atoms with Gasteiger partial charge < -0.3 is 9.90 Å². The fourth-order valence-corrected chi connectivity index (χ4v) is 1.96. The van der Waals surface area contributed by atoms with E-state index in [0.29, 0.717) is 5.92 Å². The lowest BCUT2D eigenvalue weighted by atomic mass is 9.95. The van der Waals surface area contributed by atoms with Gasteiger partial charge >= 0.3 is 0 Å². The highest BCUT2D eigenvalue weighted by molar-refractivity contribution is 5.66. The smallest absolute Gasteiger partial charge is 0.0442 e. The second-order valence-electron chi connectivity index (χ2n) is 5.38. The van der Waals surface area contributed by atoms with E-state index < -0.39 is 5.97 Å². The molecule has 0 spiro atoms. The van der Waals surface area contributed by atoms with Crippen LogP contribution in [0.25, 0.3) is 0 Å². The average Bonchev–Trinajstić information content (AvgIpc) is 2.29. The van der Waals surface area contributed by atoms with Gasteiger partial charge in [-0.15, -0.1) is 6.58 Å². The van der Waals surface area contributed by atoms with Crippen molar-refractivity contribution in [1.29, 1.82) is 0 Å². The highest BCUT2D eigenvalue weighted by Crippen LogP contribution is 2.17. The summed E-state index contributed by atoms with van der Waals surface area (Å²) in [5, 5.41) is 10.6. The molecule has 0 heterocycles. The number of hydrogen-bond donors (Lipinski definition) is 0. The summed E-state index contributed by atoms with van der Waals surface area (Å²) in [5.41, 5.74) is 1.38. The zero-order chi connectivity index (χ0) is 14.0. The Balaban J connectivity index is 3.66. The summed E-state index contributed by atoms with van der Waals surface area (Å²) >= 11 is 0. The Morgan fingerprint density at radius 1 is 1.28 bits per heavy atom. The maximum absolute atomic E-state index is 10.6. The Kier molecular flexibility index (Phi) is 9.35. The van der Waals surface area contributed by atoms with Crippen LogP contribution in [-0.4, -0.2) is 5.97 Å². The van der Waals surface area contributed by atoms with Gasteiger partial charge in [0.15, 0.2) is 0 Å². The number of carboxylic acid groups (broad SMARTS) is 1. The number of aliphatic carboxylic acids is 1.